The number of methoxy groups -OCH3 is 3. The molecule has 0 amide bonds. The first-order valence-corrected chi connectivity index (χ1v) is 9.09. The lowest BCUT2D eigenvalue weighted by molar-refractivity contribution is 0.210. The first kappa shape index (κ1) is 18.2. The predicted molar refractivity (Wildman–Crippen MR) is 106 cm³/mol. The molecule has 146 valence electrons. The molecule has 3 aromatic rings. The Morgan fingerprint density at radius 3 is 2.54 bits per heavy atom. The average molecular weight is 381 g/mol. The third-order valence-corrected chi connectivity index (χ3v) is 5.00. The van der Waals surface area contributed by atoms with Gasteiger partial charge in [0.15, 0.2) is 23.0 Å². The minimum Gasteiger partial charge on any atom is -0.493 e. The van der Waals surface area contributed by atoms with Crippen molar-refractivity contribution < 1.29 is 18.9 Å². The summed E-state index contributed by atoms with van der Waals surface area (Å²) in [5.41, 5.74) is 8.07. The van der Waals surface area contributed by atoms with Gasteiger partial charge in [-0.1, -0.05) is 12.1 Å². The van der Waals surface area contributed by atoms with E-state index in [1.807, 2.05) is 18.2 Å². The molecule has 1 aliphatic heterocycles. The van der Waals surface area contributed by atoms with E-state index in [-0.39, 0.29) is 5.92 Å². The Morgan fingerprint density at radius 2 is 1.79 bits per heavy atom. The second-order valence-electron chi connectivity index (χ2n) is 6.78. The molecule has 0 fully saturated rings. The van der Waals surface area contributed by atoms with Crippen molar-refractivity contribution >= 4 is 16.7 Å². The molecule has 0 aliphatic carbocycles. The molecule has 0 radical (unpaired) electrons. The molecule has 7 heteroatoms. The zero-order valence-corrected chi connectivity index (χ0v) is 16.2. The highest BCUT2D eigenvalue weighted by Gasteiger charge is 2.24. The predicted octanol–water partition coefficient (Wildman–Crippen LogP) is 3.03. The van der Waals surface area contributed by atoms with E-state index < -0.39 is 0 Å². The monoisotopic (exact) mass is 381 g/mol. The standard InChI is InChI=1S/C21H23N3O4/c1-25-16-6-4-5-13-7-12(11-28-20(13)16)8-19-23-15-10-18(27-3)17(26-2)9-14(15)21(22)24-19/h4-6,9-10,12H,7-8,11H2,1-3H3,(H2,22,23,24)/t12-/m0/s1. The first-order chi connectivity index (χ1) is 13.6. The van der Waals surface area contributed by atoms with E-state index >= 15 is 0 Å². The van der Waals surface area contributed by atoms with Gasteiger partial charge >= 0.3 is 0 Å². The van der Waals surface area contributed by atoms with Crippen molar-refractivity contribution in [1.82, 2.24) is 9.97 Å². The Balaban J connectivity index is 1.61. The van der Waals surface area contributed by atoms with Crippen molar-refractivity contribution in [3.63, 3.8) is 0 Å². The number of hydrogen-bond donors (Lipinski definition) is 1. The highest BCUT2D eigenvalue weighted by Crippen LogP contribution is 2.37. The van der Waals surface area contributed by atoms with E-state index in [1.54, 1.807) is 27.4 Å². The molecule has 1 aliphatic rings. The molecule has 0 saturated carbocycles. The third-order valence-electron chi connectivity index (χ3n) is 5.00. The van der Waals surface area contributed by atoms with E-state index in [0.29, 0.717) is 36.2 Å². The van der Waals surface area contributed by atoms with Gasteiger partial charge in [-0.3, -0.25) is 0 Å². The molecule has 7 nitrogen and oxygen atoms in total. The molecule has 0 spiro atoms. The summed E-state index contributed by atoms with van der Waals surface area (Å²) in [5, 5.41) is 0.747. The minimum atomic E-state index is 0.261. The van der Waals surface area contributed by atoms with Gasteiger partial charge in [-0.2, -0.15) is 0 Å². The van der Waals surface area contributed by atoms with Crippen molar-refractivity contribution in [2.24, 2.45) is 5.92 Å². The molecule has 2 aromatic carbocycles. The van der Waals surface area contributed by atoms with Crippen molar-refractivity contribution in [3.05, 3.63) is 41.7 Å². The van der Waals surface area contributed by atoms with E-state index in [2.05, 4.69) is 11.1 Å². The van der Waals surface area contributed by atoms with Gasteiger partial charge in [0.05, 0.1) is 33.5 Å². The lowest BCUT2D eigenvalue weighted by atomic mass is 9.93. The number of para-hydroxylation sites is 1. The Hall–Kier alpha value is -3.22. The molecule has 2 N–H and O–H groups in total. The van der Waals surface area contributed by atoms with Gasteiger partial charge in [0.1, 0.15) is 11.6 Å². The summed E-state index contributed by atoms with van der Waals surface area (Å²) >= 11 is 0. The van der Waals surface area contributed by atoms with Crippen LogP contribution in [0.15, 0.2) is 30.3 Å². The number of rotatable bonds is 5. The molecule has 2 heterocycles. The van der Waals surface area contributed by atoms with Crippen LogP contribution in [0.25, 0.3) is 10.9 Å². The molecule has 0 saturated heterocycles. The van der Waals surface area contributed by atoms with Gasteiger partial charge in [-0.25, -0.2) is 9.97 Å². The lowest BCUT2D eigenvalue weighted by Crippen LogP contribution is -2.24. The summed E-state index contributed by atoms with van der Waals surface area (Å²) in [6, 6.07) is 9.59. The van der Waals surface area contributed by atoms with Crippen molar-refractivity contribution in [3.8, 4) is 23.0 Å². The number of hydrogen-bond acceptors (Lipinski definition) is 7. The fourth-order valence-corrected chi connectivity index (χ4v) is 3.63. The number of ether oxygens (including phenoxy) is 4. The summed E-state index contributed by atoms with van der Waals surface area (Å²) in [6.07, 6.45) is 1.55. The highest BCUT2D eigenvalue weighted by molar-refractivity contribution is 5.90. The maximum Gasteiger partial charge on any atom is 0.164 e. The van der Waals surface area contributed by atoms with Crippen LogP contribution in [0.3, 0.4) is 0 Å². The first-order valence-electron chi connectivity index (χ1n) is 9.09. The van der Waals surface area contributed by atoms with E-state index in [4.69, 9.17) is 29.7 Å². The second-order valence-corrected chi connectivity index (χ2v) is 6.78. The summed E-state index contributed by atoms with van der Waals surface area (Å²) < 4.78 is 22.1. The van der Waals surface area contributed by atoms with Crippen LogP contribution in [0.5, 0.6) is 23.0 Å². The molecule has 0 bridgehead atoms. The van der Waals surface area contributed by atoms with E-state index in [0.717, 1.165) is 34.4 Å². The van der Waals surface area contributed by atoms with Crippen LogP contribution in [0, 0.1) is 5.92 Å². The topological polar surface area (TPSA) is 88.7 Å². The maximum atomic E-state index is 6.20. The number of nitrogens with zero attached hydrogens (tertiary/aromatic N) is 2. The number of fused-ring (bicyclic) bond motifs is 2. The normalized spacial score (nSPS) is 15.6. The summed E-state index contributed by atoms with van der Waals surface area (Å²) in [7, 11) is 4.84. The number of nitrogen functional groups attached to an aromatic ring is 1. The Morgan fingerprint density at radius 1 is 1.04 bits per heavy atom. The quantitative estimate of drug-likeness (QED) is 0.727. The third kappa shape index (κ3) is 3.24. The molecule has 28 heavy (non-hydrogen) atoms. The van der Waals surface area contributed by atoms with Gasteiger partial charge in [-0.05, 0) is 24.1 Å². The fourth-order valence-electron chi connectivity index (χ4n) is 3.63. The van der Waals surface area contributed by atoms with Gasteiger partial charge in [0.25, 0.3) is 0 Å². The average Bonchev–Trinajstić information content (AvgIpc) is 2.72. The van der Waals surface area contributed by atoms with Gasteiger partial charge in [0.2, 0.25) is 0 Å². The molecular weight excluding hydrogens is 358 g/mol. The largest absolute Gasteiger partial charge is 0.493 e. The summed E-state index contributed by atoms with van der Waals surface area (Å²) in [5.74, 6) is 4.19. The van der Waals surface area contributed by atoms with Crippen LogP contribution >= 0.6 is 0 Å². The number of anilines is 1. The van der Waals surface area contributed by atoms with Crippen LogP contribution in [0.2, 0.25) is 0 Å². The Kier molecular flexibility index (Phi) is 4.81. The van der Waals surface area contributed by atoms with Crippen LogP contribution in [0.1, 0.15) is 11.4 Å². The Labute approximate surface area is 163 Å². The molecular formula is C21H23N3O4. The summed E-state index contributed by atoms with van der Waals surface area (Å²) in [6.45, 7) is 0.584. The summed E-state index contributed by atoms with van der Waals surface area (Å²) in [4.78, 5) is 9.20. The molecule has 4 rings (SSSR count). The van der Waals surface area contributed by atoms with Crippen molar-refractivity contribution in [2.45, 2.75) is 12.8 Å². The van der Waals surface area contributed by atoms with Crippen molar-refractivity contribution in [1.29, 1.82) is 0 Å². The van der Waals surface area contributed by atoms with Crippen LogP contribution in [-0.4, -0.2) is 37.9 Å². The van der Waals surface area contributed by atoms with Crippen molar-refractivity contribution in [2.75, 3.05) is 33.7 Å². The maximum absolute atomic E-state index is 6.20. The number of nitrogens with two attached hydrogens (primary N) is 1. The SMILES string of the molecule is COc1cc2nc(C[C@H]3COc4c(cccc4OC)C3)nc(N)c2cc1OC. The van der Waals surface area contributed by atoms with E-state index in [9.17, 15) is 0 Å². The highest BCUT2D eigenvalue weighted by atomic mass is 16.5. The number of benzene rings is 2. The lowest BCUT2D eigenvalue weighted by Gasteiger charge is -2.26. The van der Waals surface area contributed by atoms with Gasteiger partial charge in [0, 0.05) is 23.8 Å². The van der Waals surface area contributed by atoms with Gasteiger partial charge in [-0.15, -0.1) is 0 Å². The second kappa shape index (κ2) is 7.42. The smallest absolute Gasteiger partial charge is 0.164 e. The Bertz CT molecular complexity index is 1020. The molecule has 0 unspecified atom stereocenters. The van der Waals surface area contributed by atoms with E-state index in [1.165, 1.54) is 0 Å². The molecule has 1 atom stereocenters. The van der Waals surface area contributed by atoms with Crippen LogP contribution in [-0.2, 0) is 12.8 Å². The van der Waals surface area contributed by atoms with Crippen LogP contribution in [0.4, 0.5) is 5.82 Å². The zero-order chi connectivity index (χ0) is 19.7. The molecule has 1 aromatic heterocycles. The van der Waals surface area contributed by atoms with Crippen LogP contribution < -0.4 is 24.7 Å². The number of aromatic nitrogens is 2. The minimum absolute atomic E-state index is 0.261. The van der Waals surface area contributed by atoms with Gasteiger partial charge < -0.3 is 24.7 Å². The zero-order valence-electron chi connectivity index (χ0n) is 16.2. The fraction of sp³-hybridized carbons (Fsp3) is 0.333.